The van der Waals surface area contributed by atoms with Gasteiger partial charge in [-0.1, -0.05) is 0 Å². The molecule has 0 unspecified atom stereocenters. The predicted octanol–water partition coefficient (Wildman–Crippen LogP) is 0.167. The van der Waals surface area contributed by atoms with Crippen molar-refractivity contribution in [3.63, 3.8) is 0 Å². The summed E-state index contributed by atoms with van der Waals surface area (Å²) in [6.45, 7) is 1.95. The molecule has 0 spiro atoms. The maximum atomic E-state index is 5.02. The zero-order valence-corrected chi connectivity index (χ0v) is 8.28. The Kier molecular flexibility index (Phi) is 5.95. The molecular formula is C7H17NO2S. The van der Waals surface area contributed by atoms with Crippen LogP contribution in [0.15, 0.2) is 0 Å². The van der Waals surface area contributed by atoms with Crippen molar-refractivity contribution < 1.29 is 9.47 Å². The molecule has 68 valence electrons. The van der Waals surface area contributed by atoms with Gasteiger partial charge in [-0.2, -0.15) is 12.6 Å². The number of rotatable bonds is 6. The molecule has 3 nitrogen and oxygen atoms in total. The first kappa shape index (κ1) is 11.2. The maximum absolute atomic E-state index is 5.02. The van der Waals surface area contributed by atoms with Gasteiger partial charge in [-0.05, 0) is 7.05 Å². The highest BCUT2D eigenvalue weighted by molar-refractivity contribution is 7.81. The largest absolute Gasteiger partial charge is 0.383 e. The standard InChI is InChI=1S/C7H17NO2S/c1-8-4-7(11,5-9-2)6-10-3/h8,11H,4-6H2,1-3H3. The van der Waals surface area contributed by atoms with Crippen molar-refractivity contribution in [2.75, 3.05) is 41.0 Å². The molecule has 0 aromatic carbocycles. The van der Waals surface area contributed by atoms with E-state index in [1.54, 1.807) is 14.2 Å². The second-order valence-electron chi connectivity index (χ2n) is 2.62. The normalized spacial score (nSPS) is 12.0. The van der Waals surface area contributed by atoms with Gasteiger partial charge in [-0.3, -0.25) is 0 Å². The first-order valence-electron chi connectivity index (χ1n) is 3.53. The quantitative estimate of drug-likeness (QED) is 0.570. The number of thiol groups is 1. The zero-order chi connectivity index (χ0) is 8.74. The summed E-state index contributed by atoms with van der Waals surface area (Å²) < 4.78 is 9.82. The molecule has 0 bridgehead atoms. The van der Waals surface area contributed by atoms with Crippen LogP contribution in [0, 0.1) is 0 Å². The average molecular weight is 179 g/mol. The van der Waals surface area contributed by atoms with Crippen LogP contribution >= 0.6 is 12.6 Å². The van der Waals surface area contributed by atoms with Crippen molar-refractivity contribution in [1.29, 1.82) is 0 Å². The van der Waals surface area contributed by atoms with E-state index in [2.05, 4.69) is 17.9 Å². The molecule has 0 aromatic rings. The van der Waals surface area contributed by atoms with Crippen LogP contribution in [-0.4, -0.2) is 45.8 Å². The van der Waals surface area contributed by atoms with Crippen molar-refractivity contribution >= 4 is 12.6 Å². The van der Waals surface area contributed by atoms with Gasteiger partial charge in [0.25, 0.3) is 0 Å². The number of ether oxygens (including phenoxy) is 2. The van der Waals surface area contributed by atoms with E-state index in [9.17, 15) is 0 Å². The van der Waals surface area contributed by atoms with Crippen LogP contribution < -0.4 is 5.32 Å². The van der Waals surface area contributed by atoms with E-state index in [0.717, 1.165) is 6.54 Å². The van der Waals surface area contributed by atoms with Gasteiger partial charge >= 0.3 is 0 Å². The summed E-state index contributed by atoms with van der Waals surface area (Å²) in [7, 11) is 5.21. The van der Waals surface area contributed by atoms with Gasteiger partial charge in [0.2, 0.25) is 0 Å². The molecule has 0 aromatic heterocycles. The van der Waals surface area contributed by atoms with Crippen LogP contribution in [0.5, 0.6) is 0 Å². The van der Waals surface area contributed by atoms with Crippen LogP contribution in [-0.2, 0) is 9.47 Å². The number of hydrogen-bond acceptors (Lipinski definition) is 4. The monoisotopic (exact) mass is 179 g/mol. The maximum Gasteiger partial charge on any atom is 0.0719 e. The Morgan fingerprint density at radius 1 is 1.27 bits per heavy atom. The van der Waals surface area contributed by atoms with Crippen LogP contribution in [0.4, 0.5) is 0 Å². The summed E-state index contributed by atoms with van der Waals surface area (Å²) in [6, 6.07) is 0. The Morgan fingerprint density at radius 3 is 2.00 bits per heavy atom. The summed E-state index contributed by atoms with van der Waals surface area (Å²) in [4.78, 5) is 0. The Balaban J connectivity index is 3.79. The Hall–Kier alpha value is 0.230. The second kappa shape index (κ2) is 5.83. The third-order valence-electron chi connectivity index (χ3n) is 1.33. The molecule has 0 radical (unpaired) electrons. The highest BCUT2D eigenvalue weighted by atomic mass is 32.1. The molecule has 0 saturated carbocycles. The molecule has 0 amide bonds. The lowest BCUT2D eigenvalue weighted by atomic mass is 10.1. The lowest BCUT2D eigenvalue weighted by Gasteiger charge is -2.26. The third-order valence-corrected chi connectivity index (χ3v) is 1.75. The predicted molar refractivity (Wildman–Crippen MR) is 49.4 cm³/mol. The van der Waals surface area contributed by atoms with Gasteiger partial charge in [-0.25, -0.2) is 0 Å². The van der Waals surface area contributed by atoms with Crippen LogP contribution in [0.25, 0.3) is 0 Å². The van der Waals surface area contributed by atoms with Crippen molar-refractivity contribution in [3.05, 3.63) is 0 Å². The van der Waals surface area contributed by atoms with E-state index in [0.29, 0.717) is 13.2 Å². The third kappa shape index (κ3) is 4.63. The molecule has 0 aliphatic rings. The van der Waals surface area contributed by atoms with E-state index < -0.39 is 0 Å². The molecule has 0 aliphatic carbocycles. The first-order chi connectivity index (χ1) is 5.18. The Morgan fingerprint density at radius 2 is 1.73 bits per heavy atom. The molecule has 0 saturated heterocycles. The second-order valence-corrected chi connectivity index (χ2v) is 3.57. The minimum Gasteiger partial charge on any atom is -0.383 e. The summed E-state index contributed by atoms with van der Waals surface area (Å²) in [6.07, 6.45) is 0. The smallest absolute Gasteiger partial charge is 0.0719 e. The van der Waals surface area contributed by atoms with Crippen molar-refractivity contribution in [2.45, 2.75) is 4.75 Å². The molecule has 0 fully saturated rings. The molecule has 0 heterocycles. The van der Waals surface area contributed by atoms with Gasteiger partial charge in [0.15, 0.2) is 0 Å². The Labute approximate surface area is 73.9 Å². The SMILES string of the molecule is CNCC(S)(COC)COC. The molecule has 1 N–H and O–H groups in total. The number of methoxy groups -OCH3 is 2. The van der Waals surface area contributed by atoms with E-state index in [1.165, 1.54) is 0 Å². The minimum atomic E-state index is -0.210. The van der Waals surface area contributed by atoms with Crippen molar-refractivity contribution in [3.8, 4) is 0 Å². The summed E-state index contributed by atoms with van der Waals surface area (Å²) >= 11 is 4.45. The van der Waals surface area contributed by atoms with Crippen LogP contribution in [0.2, 0.25) is 0 Å². The van der Waals surface area contributed by atoms with Crippen molar-refractivity contribution in [2.24, 2.45) is 0 Å². The van der Waals surface area contributed by atoms with Crippen LogP contribution in [0.3, 0.4) is 0 Å². The average Bonchev–Trinajstić information content (AvgIpc) is 1.88. The first-order valence-corrected chi connectivity index (χ1v) is 3.98. The van der Waals surface area contributed by atoms with Gasteiger partial charge in [0, 0.05) is 20.8 Å². The zero-order valence-electron chi connectivity index (χ0n) is 7.39. The fourth-order valence-corrected chi connectivity index (χ4v) is 1.43. The number of hydrogen-bond donors (Lipinski definition) is 2. The molecule has 11 heavy (non-hydrogen) atoms. The van der Waals surface area contributed by atoms with Crippen molar-refractivity contribution in [1.82, 2.24) is 5.32 Å². The van der Waals surface area contributed by atoms with Gasteiger partial charge < -0.3 is 14.8 Å². The van der Waals surface area contributed by atoms with E-state index in [-0.39, 0.29) is 4.75 Å². The van der Waals surface area contributed by atoms with Gasteiger partial charge in [-0.15, -0.1) is 0 Å². The summed E-state index contributed by atoms with van der Waals surface area (Å²) in [5.74, 6) is 0. The summed E-state index contributed by atoms with van der Waals surface area (Å²) in [5, 5.41) is 3.04. The lowest BCUT2D eigenvalue weighted by molar-refractivity contribution is 0.104. The topological polar surface area (TPSA) is 30.5 Å². The molecule has 0 aliphatic heterocycles. The molecule has 0 rings (SSSR count). The highest BCUT2D eigenvalue weighted by Gasteiger charge is 2.24. The lowest BCUT2D eigenvalue weighted by Crippen LogP contribution is -2.42. The fraction of sp³-hybridized carbons (Fsp3) is 1.00. The highest BCUT2D eigenvalue weighted by Crippen LogP contribution is 2.13. The fourth-order valence-electron chi connectivity index (χ4n) is 1.01. The molecular weight excluding hydrogens is 162 g/mol. The van der Waals surface area contributed by atoms with E-state index >= 15 is 0 Å². The van der Waals surface area contributed by atoms with Gasteiger partial charge in [0.1, 0.15) is 0 Å². The van der Waals surface area contributed by atoms with E-state index in [4.69, 9.17) is 9.47 Å². The van der Waals surface area contributed by atoms with Crippen LogP contribution in [0.1, 0.15) is 0 Å². The van der Waals surface area contributed by atoms with E-state index in [1.807, 2.05) is 7.05 Å². The minimum absolute atomic E-state index is 0.210. The molecule has 4 heteroatoms. The summed E-state index contributed by atoms with van der Waals surface area (Å²) in [5.41, 5.74) is 0. The van der Waals surface area contributed by atoms with Gasteiger partial charge in [0.05, 0.1) is 18.0 Å². The molecule has 0 atom stereocenters. The number of nitrogens with one attached hydrogen (secondary N) is 1. The Bertz CT molecular complexity index is 83.4.